The van der Waals surface area contributed by atoms with E-state index in [0.717, 1.165) is 25.1 Å². The number of hydrogen-bond acceptors (Lipinski definition) is 4. The Bertz CT molecular complexity index is 580. The van der Waals surface area contributed by atoms with Crippen LogP contribution in [0.1, 0.15) is 16.9 Å². The number of anilines is 1. The second-order valence-electron chi connectivity index (χ2n) is 5.59. The second-order valence-corrected chi connectivity index (χ2v) is 7.60. The standard InChI is InChI=1S/C18H24N2OS2/c1-20(2)16-9-7-15(8-10-16)5-3-11-19-18(21)14-22-13-17-6-4-12-23-17/h4,6-10,12H,3,5,11,13-14H2,1-2H3,(H,19,21). The molecule has 0 radical (unpaired) electrons. The summed E-state index contributed by atoms with van der Waals surface area (Å²) in [6.45, 7) is 0.744. The molecule has 0 aliphatic rings. The molecule has 0 fully saturated rings. The molecule has 0 aliphatic heterocycles. The lowest BCUT2D eigenvalue weighted by molar-refractivity contribution is -0.118. The van der Waals surface area contributed by atoms with Crippen molar-refractivity contribution in [3.05, 3.63) is 52.2 Å². The number of aryl methyl sites for hydroxylation is 1. The highest BCUT2D eigenvalue weighted by molar-refractivity contribution is 7.99. The summed E-state index contributed by atoms with van der Waals surface area (Å²) >= 11 is 3.41. The molecule has 23 heavy (non-hydrogen) atoms. The van der Waals surface area contributed by atoms with Gasteiger partial charge in [0, 0.05) is 37.0 Å². The van der Waals surface area contributed by atoms with E-state index >= 15 is 0 Å². The molecule has 0 spiro atoms. The molecule has 0 atom stereocenters. The minimum Gasteiger partial charge on any atom is -0.378 e. The Morgan fingerprint density at radius 1 is 1.22 bits per heavy atom. The van der Waals surface area contributed by atoms with Crippen LogP contribution in [0.3, 0.4) is 0 Å². The average Bonchev–Trinajstić information content (AvgIpc) is 3.05. The Balaban J connectivity index is 1.56. The summed E-state index contributed by atoms with van der Waals surface area (Å²) in [6.07, 6.45) is 1.97. The number of hydrogen-bond donors (Lipinski definition) is 1. The maximum atomic E-state index is 11.8. The van der Waals surface area contributed by atoms with Gasteiger partial charge in [0.05, 0.1) is 5.75 Å². The van der Waals surface area contributed by atoms with E-state index in [1.165, 1.54) is 16.1 Å². The number of amides is 1. The minimum absolute atomic E-state index is 0.134. The quantitative estimate of drug-likeness (QED) is 0.700. The Hall–Kier alpha value is -1.46. The summed E-state index contributed by atoms with van der Waals surface area (Å²) in [6, 6.07) is 12.7. The predicted octanol–water partition coefficient (Wildman–Crippen LogP) is 3.80. The molecule has 1 heterocycles. The first-order valence-electron chi connectivity index (χ1n) is 7.78. The Morgan fingerprint density at radius 3 is 2.65 bits per heavy atom. The fraction of sp³-hybridized carbons (Fsp3) is 0.389. The van der Waals surface area contributed by atoms with Crippen molar-refractivity contribution in [2.75, 3.05) is 31.3 Å². The van der Waals surface area contributed by atoms with Crippen LogP contribution >= 0.6 is 23.1 Å². The van der Waals surface area contributed by atoms with Crippen molar-refractivity contribution in [1.82, 2.24) is 5.32 Å². The summed E-state index contributed by atoms with van der Waals surface area (Å²) < 4.78 is 0. The van der Waals surface area contributed by atoms with Crippen molar-refractivity contribution >= 4 is 34.7 Å². The van der Waals surface area contributed by atoms with E-state index in [4.69, 9.17) is 0 Å². The number of thiophene rings is 1. The van der Waals surface area contributed by atoms with Gasteiger partial charge in [-0.2, -0.15) is 0 Å². The molecule has 0 unspecified atom stereocenters. The zero-order valence-electron chi connectivity index (χ0n) is 13.7. The van der Waals surface area contributed by atoms with E-state index in [9.17, 15) is 4.79 Å². The topological polar surface area (TPSA) is 32.3 Å². The summed E-state index contributed by atoms with van der Waals surface area (Å²) in [4.78, 5) is 15.2. The van der Waals surface area contributed by atoms with Crippen LogP contribution in [0.5, 0.6) is 0 Å². The van der Waals surface area contributed by atoms with Crippen LogP contribution < -0.4 is 10.2 Å². The van der Waals surface area contributed by atoms with Crippen LogP contribution in [0.4, 0.5) is 5.69 Å². The van der Waals surface area contributed by atoms with Gasteiger partial charge in [-0.1, -0.05) is 18.2 Å². The largest absolute Gasteiger partial charge is 0.378 e. The molecule has 124 valence electrons. The van der Waals surface area contributed by atoms with Gasteiger partial charge in [-0.3, -0.25) is 4.79 Å². The third kappa shape index (κ3) is 6.67. The highest BCUT2D eigenvalue weighted by atomic mass is 32.2. The summed E-state index contributed by atoms with van der Waals surface area (Å²) in [7, 11) is 4.09. The van der Waals surface area contributed by atoms with E-state index in [1.807, 2.05) is 20.2 Å². The third-order valence-corrected chi connectivity index (χ3v) is 5.52. The van der Waals surface area contributed by atoms with Crippen molar-refractivity contribution < 1.29 is 4.79 Å². The van der Waals surface area contributed by atoms with Gasteiger partial charge in [-0.25, -0.2) is 0 Å². The lowest BCUT2D eigenvalue weighted by Gasteiger charge is -2.12. The zero-order valence-corrected chi connectivity index (χ0v) is 15.4. The molecule has 0 aliphatic carbocycles. The maximum Gasteiger partial charge on any atom is 0.230 e. The fourth-order valence-corrected chi connectivity index (χ4v) is 3.87. The molecule has 1 aromatic carbocycles. The average molecular weight is 349 g/mol. The van der Waals surface area contributed by atoms with Crippen molar-refractivity contribution in [2.45, 2.75) is 18.6 Å². The van der Waals surface area contributed by atoms with Gasteiger partial charge in [0.15, 0.2) is 0 Å². The molecule has 1 aromatic heterocycles. The van der Waals surface area contributed by atoms with Crippen molar-refractivity contribution in [2.24, 2.45) is 0 Å². The summed E-state index contributed by atoms with van der Waals surface area (Å²) in [5, 5.41) is 5.07. The van der Waals surface area contributed by atoms with E-state index in [2.05, 4.69) is 45.9 Å². The molecule has 0 saturated carbocycles. The molecular weight excluding hydrogens is 324 g/mol. The van der Waals surface area contributed by atoms with E-state index < -0.39 is 0 Å². The lowest BCUT2D eigenvalue weighted by atomic mass is 10.1. The second kappa shape index (κ2) is 9.63. The number of benzene rings is 1. The van der Waals surface area contributed by atoms with E-state index in [-0.39, 0.29) is 5.91 Å². The number of nitrogens with one attached hydrogen (secondary N) is 1. The van der Waals surface area contributed by atoms with Gasteiger partial charge in [0.2, 0.25) is 5.91 Å². The smallest absolute Gasteiger partial charge is 0.230 e. The number of thioether (sulfide) groups is 1. The molecule has 0 saturated heterocycles. The molecule has 1 amide bonds. The first kappa shape index (κ1) is 17.9. The number of nitrogens with zero attached hydrogens (tertiary/aromatic N) is 1. The van der Waals surface area contributed by atoms with Crippen LogP contribution in [0.2, 0.25) is 0 Å². The van der Waals surface area contributed by atoms with Crippen molar-refractivity contribution in [3.8, 4) is 0 Å². The fourth-order valence-electron chi connectivity index (χ4n) is 2.17. The molecule has 2 aromatic rings. The first-order chi connectivity index (χ1) is 11.1. The zero-order chi connectivity index (χ0) is 16.5. The summed E-state index contributed by atoms with van der Waals surface area (Å²) in [5.41, 5.74) is 2.53. The highest BCUT2D eigenvalue weighted by Gasteiger charge is 2.02. The Kier molecular flexibility index (Phi) is 7.49. The Labute approximate surface area is 147 Å². The number of carbonyl (C=O) groups excluding carboxylic acids is 1. The SMILES string of the molecule is CN(C)c1ccc(CCCNC(=O)CSCc2cccs2)cc1. The normalized spacial score (nSPS) is 10.5. The molecule has 5 heteroatoms. The maximum absolute atomic E-state index is 11.8. The van der Waals surface area contributed by atoms with E-state index in [1.54, 1.807) is 23.1 Å². The third-order valence-electron chi connectivity index (χ3n) is 3.47. The molecular formula is C18H24N2OS2. The van der Waals surface area contributed by atoms with Crippen molar-refractivity contribution in [1.29, 1.82) is 0 Å². The molecule has 2 rings (SSSR count). The van der Waals surface area contributed by atoms with Gasteiger partial charge >= 0.3 is 0 Å². The van der Waals surface area contributed by atoms with Gasteiger partial charge in [-0.15, -0.1) is 23.1 Å². The molecule has 0 bridgehead atoms. The molecule has 1 N–H and O–H groups in total. The number of carbonyl (C=O) groups is 1. The van der Waals surface area contributed by atoms with E-state index in [0.29, 0.717) is 5.75 Å². The highest BCUT2D eigenvalue weighted by Crippen LogP contribution is 2.16. The van der Waals surface area contributed by atoms with Crippen molar-refractivity contribution in [3.63, 3.8) is 0 Å². The molecule has 3 nitrogen and oxygen atoms in total. The van der Waals surface area contributed by atoms with Gasteiger partial charge in [-0.05, 0) is 42.0 Å². The van der Waals surface area contributed by atoms with Gasteiger partial charge < -0.3 is 10.2 Å². The minimum atomic E-state index is 0.134. The van der Waals surface area contributed by atoms with Crippen LogP contribution in [0.25, 0.3) is 0 Å². The van der Waals surface area contributed by atoms with Gasteiger partial charge in [0.1, 0.15) is 0 Å². The lowest BCUT2D eigenvalue weighted by Crippen LogP contribution is -2.26. The monoisotopic (exact) mass is 348 g/mol. The van der Waals surface area contributed by atoms with Crippen LogP contribution in [-0.4, -0.2) is 32.3 Å². The predicted molar refractivity (Wildman–Crippen MR) is 103 cm³/mol. The summed E-state index contributed by atoms with van der Waals surface area (Å²) in [5.74, 6) is 1.59. The first-order valence-corrected chi connectivity index (χ1v) is 9.81. The van der Waals surface area contributed by atoms with Crippen LogP contribution in [0, 0.1) is 0 Å². The Morgan fingerprint density at radius 2 is 2.00 bits per heavy atom. The van der Waals surface area contributed by atoms with Crippen LogP contribution in [-0.2, 0) is 17.0 Å². The number of rotatable bonds is 9. The van der Waals surface area contributed by atoms with Crippen LogP contribution in [0.15, 0.2) is 41.8 Å². The van der Waals surface area contributed by atoms with Gasteiger partial charge in [0.25, 0.3) is 0 Å².